The summed E-state index contributed by atoms with van der Waals surface area (Å²) in [5.41, 5.74) is 4.96. The summed E-state index contributed by atoms with van der Waals surface area (Å²) >= 11 is 5.99. The monoisotopic (exact) mass is 436 g/mol. The van der Waals surface area contributed by atoms with Gasteiger partial charge in [-0.15, -0.1) is 0 Å². The van der Waals surface area contributed by atoms with Crippen LogP contribution in [0.2, 0.25) is 5.02 Å². The van der Waals surface area contributed by atoms with Crippen molar-refractivity contribution in [2.45, 2.75) is 26.2 Å². The van der Waals surface area contributed by atoms with Crippen molar-refractivity contribution >= 4 is 23.2 Å². The van der Waals surface area contributed by atoms with E-state index in [9.17, 15) is 4.79 Å². The van der Waals surface area contributed by atoms with Crippen molar-refractivity contribution in [2.75, 3.05) is 31.1 Å². The van der Waals surface area contributed by atoms with E-state index in [1.54, 1.807) is 0 Å². The van der Waals surface area contributed by atoms with E-state index in [0.29, 0.717) is 37.0 Å². The molecule has 0 saturated carbocycles. The number of rotatable bonds is 3. The summed E-state index contributed by atoms with van der Waals surface area (Å²) < 4.78 is 7.91. The van der Waals surface area contributed by atoms with Crippen LogP contribution in [-0.2, 0) is 17.9 Å². The van der Waals surface area contributed by atoms with Crippen LogP contribution >= 0.6 is 11.6 Å². The Bertz CT molecular complexity index is 1070. The lowest BCUT2D eigenvalue weighted by molar-refractivity contribution is -0.00121. The van der Waals surface area contributed by atoms with Crippen LogP contribution in [0.1, 0.15) is 33.4 Å². The molecule has 0 spiro atoms. The summed E-state index contributed by atoms with van der Waals surface area (Å²) in [6, 6.07) is 18.1. The summed E-state index contributed by atoms with van der Waals surface area (Å²) in [7, 11) is 0. The van der Waals surface area contributed by atoms with Gasteiger partial charge in [-0.2, -0.15) is 5.10 Å². The van der Waals surface area contributed by atoms with Crippen molar-refractivity contribution in [1.29, 1.82) is 0 Å². The van der Waals surface area contributed by atoms with E-state index >= 15 is 0 Å². The fourth-order valence-corrected chi connectivity index (χ4v) is 4.32. The molecule has 3 aromatic rings. The predicted molar refractivity (Wildman–Crippen MR) is 121 cm³/mol. The normalized spacial score (nSPS) is 18.7. The smallest absolute Gasteiger partial charge is 0.274 e. The number of halogens is 1. The molecule has 1 atom stereocenters. The van der Waals surface area contributed by atoms with Gasteiger partial charge in [0.1, 0.15) is 6.10 Å². The van der Waals surface area contributed by atoms with Crippen molar-refractivity contribution in [1.82, 2.24) is 14.7 Å². The molecule has 2 aliphatic rings. The zero-order valence-corrected chi connectivity index (χ0v) is 18.3. The van der Waals surface area contributed by atoms with E-state index in [-0.39, 0.29) is 12.0 Å². The van der Waals surface area contributed by atoms with E-state index in [1.807, 2.05) is 39.9 Å². The molecule has 0 radical (unpaired) electrons. The maximum Gasteiger partial charge on any atom is 0.274 e. The molecule has 0 N–H and O–H groups in total. The number of fused-ring (bicyclic) bond motifs is 1. The Morgan fingerprint density at radius 1 is 1.03 bits per heavy atom. The number of hydrogen-bond donors (Lipinski definition) is 0. The number of carbonyl (C=O) groups is 1. The zero-order valence-electron chi connectivity index (χ0n) is 17.5. The highest BCUT2D eigenvalue weighted by atomic mass is 35.5. The highest BCUT2D eigenvalue weighted by molar-refractivity contribution is 6.30. The van der Waals surface area contributed by atoms with Gasteiger partial charge in [0, 0.05) is 36.9 Å². The van der Waals surface area contributed by atoms with Gasteiger partial charge in [-0.3, -0.25) is 9.48 Å². The maximum absolute atomic E-state index is 13.1. The van der Waals surface area contributed by atoms with Gasteiger partial charge >= 0.3 is 0 Å². The second kappa shape index (κ2) is 8.36. The van der Waals surface area contributed by atoms with E-state index in [0.717, 1.165) is 24.3 Å². The van der Waals surface area contributed by atoms with Crippen LogP contribution in [0.4, 0.5) is 5.69 Å². The number of piperazine rings is 1. The predicted octanol–water partition coefficient (Wildman–Crippen LogP) is 4.08. The lowest BCUT2D eigenvalue weighted by atomic mass is 10.1. The standard InChI is InChI=1S/C24H25ClN4O2/c1-17-2-8-20(9-3-17)27-10-12-28(13-11-27)24(30)22-14-21-16-31-23(15-29(21)26-22)18-4-6-19(25)7-5-18/h2-9,14,23H,10-13,15-16H2,1H3. The van der Waals surface area contributed by atoms with Gasteiger partial charge in [-0.25, -0.2) is 0 Å². The molecule has 1 fully saturated rings. The number of aromatic nitrogens is 2. The van der Waals surface area contributed by atoms with E-state index in [2.05, 4.69) is 41.2 Å². The number of hydrogen-bond acceptors (Lipinski definition) is 4. The molecule has 1 saturated heterocycles. The summed E-state index contributed by atoms with van der Waals surface area (Å²) in [5.74, 6) is -0.00602. The van der Waals surface area contributed by atoms with Gasteiger partial charge in [0.2, 0.25) is 0 Å². The Morgan fingerprint density at radius 3 is 2.45 bits per heavy atom. The van der Waals surface area contributed by atoms with Crippen LogP contribution in [0, 0.1) is 6.92 Å². The molecule has 1 unspecified atom stereocenters. The average Bonchev–Trinajstić information content (AvgIpc) is 3.23. The number of amides is 1. The lowest BCUT2D eigenvalue weighted by Crippen LogP contribution is -2.48. The van der Waals surface area contributed by atoms with Crippen LogP contribution in [-0.4, -0.2) is 46.8 Å². The Morgan fingerprint density at radius 2 is 1.74 bits per heavy atom. The molecule has 3 heterocycles. The van der Waals surface area contributed by atoms with Crippen molar-refractivity contribution in [3.63, 3.8) is 0 Å². The molecular formula is C24H25ClN4O2. The first kappa shape index (κ1) is 20.1. The molecule has 6 nitrogen and oxygen atoms in total. The number of aryl methyl sites for hydroxylation is 1. The second-order valence-electron chi connectivity index (χ2n) is 8.17. The van der Waals surface area contributed by atoms with Crippen LogP contribution in [0.3, 0.4) is 0 Å². The third kappa shape index (κ3) is 4.18. The molecule has 2 aliphatic heterocycles. The first-order valence-corrected chi connectivity index (χ1v) is 11.0. The maximum atomic E-state index is 13.1. The van der Waals surface area contributed by atoms with Gasteiger partial charge in [0.15, 0.2) is 5.69 Å². The number of benzene rings is 2. The second-order valence-corrected chi connectivity index (χ2v) is 8.61. The highest BCUT2D eigenvalue weighted by Crippen LogP contribution is 2.28. The summed E-state index contributed by atoms with van der Waals surface area (Å²) in [5, 5.41) is 5.32. The minimum atomic E-state index is -0.0920. The summed E-state index contributed by atoms with van der Waals surface area (Å²) in [6.07, 6.45) is -0.0920. The Kier molecular flexibility index (Phi) is 5.42. The fourth-order valence-electron chi connectivity index (χ4n) is 4.19. The number of anilines is 1. The quantitative estimate of drug-likeness (QED) is 0.620. The summed E-state index contributed by atoms with van der Waals surface area (Å²) in [6.45, 7) is 6.15. The highest BCUT2D eigenvalue weighted by Gasteiger charge is 2.28. The molecule has 5 rings (SSSR count). The topological polar surface area (TPSA) is 50.6 Å². The van der Waals surface area contributed by atoms with E-state index in [1.165, 1.54) is 11.3 Å². The first-order valence-electron chi connectivity index (χ1n) is 10.6. The molecule has 0 aliphatic carbocycles. The van der Waals surface area contributed by atoms with Crippen molar-refractivity contribution in [2.24, 2.45) is 0 Å². The third-order valence-electron chi connectivity index (χ3n) is 6.06. The van der Waals surface area contributed by atoms with Crippen LogP contribution < -0.4 is 4.90 Å². The van der Waals surface area contributed by atoms with Gasteiger partial charge in [-0.05, 0) is 42.8 Å². The Balaban J connectivity index is 1.23. The van der Waals surface area contributed by atoms with Gasteiger partial charge < -0.3 is 14.5 Å². The van der Waals surface area contributed by atoms with Crippen molar-refractivity contribution < 1.29 is 9.53 Å². The largest absolute Gasteiger partial charge is 0.368 e. The van der Waals surface area contributed by atoms with Crippen molar-refractivity contribution in [3.05, 3.63) is 82.1 Å². The SMILES string of the molecule is Cc1ccc(N2CCN(C(=O)c3cc4n(n3)CC(c3ccc(Cl)cc3)OC4)CC2)cc1. The minimum absolute atomic E-state index is 0.00602. The summed E-state index contributed by atoms with van der Waals surface area (Å²) in [4.78, 5) is 17.3. The van der Waals surface area contributed by atoms with E-state index < -0.39 is 0 Å². The Hall–Kier alpha value is -2.83. The molecule has 160 valence electrons. The van der Waals surface area contributed by atoms with Gasteiger partial charge in [0.25, 0.3) is 5.91 Å². The zero-order chi connectivity index (χ0) is 21.4. The number of nitrogens with zero attached hydrogens (tertiary/aromatic N) is 4. The molecule has 2 aromatic carbocycles. The number of carbonyl (C=O) groups excluding carboxylic acids is 1. The lowest BCUT2D eigenvalue weighted by Gasteiger charge is -2.35. The fraction of sp³-hybridized carbons (Fsp3) is 0.333. The molecular weight excluding hydrogens is 412 g/mol. The molecule has 1 amide bonds. The van der Waals surface area contributed by atoms with E-state index in [4.69, 9.17) is 16.3 Å². The number of ether oxygens (including phenoxy) is 1. The van der Waals surface area contributed by atoms with Crippen LogP contribution in [0.25, 0.3) is 0 Å². The third-order valence-corrected chi connectivity index (χ3v) is 6.31. The first-order chi connectivity index (χ1) is 15.1. The average molecular weight is 437 g/mol. The van der Waals surface area contributed by atoms with Crippen LogP contribution in [0.5, 0.6) is 0 Å². The van der Waals surface area contributed by atoms with Crippen molar-refractivity contribution in [3.8, 4) is 0 Å². The molecule has 0 bridgehead atoms. The molecule has 1 aromatic heterocycles. The van der Waals surface area contributed by atoms with Crippen LogP contribution in [0.15, 0.2) is 54.6 Å². The van der Waals surface area contributed by atoms with Gasteiger partial charge in [0.05, 0.1) is 18.8 Å². The Labute approximate surface area is 187 Å². The molecule has 7 heteroatoms. The van der Waals surface area contributed by atoms with Gasteiger partial charge in [-0.1, -0.05) is 41.4 Å². The minimum Gasteiger partial charge on any atom is -0.368 e. The molecule has 31 heavy (non-hydrogen) atoms.